The molecule has 0 unspecified atom stereocenters. The summed E-state index contributed by atoms with van der Waals surface area (Å²) in [6, 6.07) is 3.65. The van der Waals surface area contributed by atoms with Gasteiger partial charge < -0.3 is 10.2 Å². The van der Waals surface area contributed by atoms with Crippen LogP contribution in [0, 0.1) is 5.92 Å². The number of hydrogen-bond acceptors (Lipinski definition) is 6. The summed E-state index contributed by atoms with van der Waals surface area (Å²) in [7, 11) is 1.78. The molecule has 0 spiro atoms. The molecule has 164 valence electrons. The summed E-state index contributed by atoms with van der Waals surface area (Å²) in [5.74, 6) is -0.000792. The first-order valence-electron chi connectivity index (χ1n) is 9.99. The van der Waals surface area contributed by atoms with E-state index >= 15 is 0 Å². The molecular formula is C20H22F3N7O. The third kappa shape index (κ3) is 5.35. The van der Waals surface area contributed by atoms with Gasteiger partial charge in [0.25, 0.3) is 0 Å². The molecule has 0 radical (unpaired) electrons. The van der Waals surface area contributed by atoms with E-state index in [-0.39, 0.29) is 18.4 Å². The Morgan fingerprint density at radius 2 is 1.97 bits per heavy atom. The fraction of sp³-hybridized carbons (Fsp3) is 0.450. The Labute approximate surface area is 176 Å². The fourth-order valence-electron chi connectivity index (χ4n) is 3.65. The second kappa shape index (κ2) is 8.58. The topological polar surface area (TPSA) is 88.8 Å². The summed E-state index contributed by atoms with van der Waals surface area (Å²) < 4.78 is 38.7. The normalized spacial score (nSPS) is 16.0. The number of nitrogens with one attached hydrogen (secondary N) is 1. The van der Waals surface area contributed by atoms with Crippen LogP contribution in [0.25, 0.3) is 22.2 Å². The van der Waals surface area contributed by atoms with Crippen LogP contribution >= 0.6 is 0 Å². The highest BCUT2D eigenvalue weighted by atomic mass is 19.4. The van der Waals surface area contributed by atoms with Crippen LogP contribution in [0.3, 0.4) is 0 Å². The predicted molar refractivity (Wildman–Crippen MR) is 108 cm³/mol. The standard InChI is InChI=1S/C20H22F3N7O/c1-29-12-17(27-28-29)15-8-14-9-18(25-11-16(14)24-10-15)26-19(31)13-2-5-30(6-3-13)7-4-20(21,22)23/h8-13H,2-7H2,1H3,(H,25,26,31). The maximum Gasteiger partial charge on any atom is 0.390 e. The number of halogens is 3. The second-order valence-electron chi connectivity index (χ2n) is 7.73. The highest BCUT2D eigenvalue weighted by Crippen LogP contribution is 2.25. The molecule has 0 aliphatic carbocycles. The Morgan fingerprint density at radius 3 is 2.65 bits per heavy atom. The first-order valence-corrected chi connectivity index (χ1v) is 9.99. The zero-order valence-electron chi connectivity index (χ0n) is 16.9. The summed E-state index contributed by atoms with van der Waals surface area (Å²) in [4.78, 5) is 23.0. The van der Waals surface area contributed by atoms with Gasteiger partial charge in [0.05, 0.1) is 24.3 Å². The van der Waals surface area contributed by atoms with Gasteiger partial charge in [-0.3, -0.25) is 14.5 Å². The molecule has 3 aromatic rings. The number of aromatic nitrogens is 5. The zero-order valence-corrected chi connectivity index (χ0v) is 16.9. The van der Waals surface area contributed by atoms with Crippen molar-refractivity contribution in [1.29, 1.82) is 0 Å². The third-order valence-corrected chi connectivity index (χ3v) is 5.39. The summed E-state index contributed by atoms with van der Waals surface area (Å²) in [5, 5.41) is 11.6. The number of hydrogen-bond donors (Lipinski definition) is 1. The first kappa shape index (κ1) is 21.2. The number of carbonyl (C=O) groups excluding carboxylic acids is 1. The predicted octanol–water partition coefficient (Wildman–Crippen LogP) is 3.03. The molecule has 0 bridgehead atoms. The molecule has 11 heteroatoms. The molecule has 4 rings (SSSR count). The van der Waals surface area contributed by atoms with Crippen LogP contribution in [0.2, 0.25) is 0 Å². The van der Waals surface area contributed by atoms with Crippen LogP contribution in [0.5, 0.6) is 0 Å². The number of carbonyl (C=O) groups is 1. The van der Waals surface area contributed by atoms with Gasteiger partial charge in [0.15, 0.2) is 0 Å². The Hall–Kier alpha value is -3.08. The van der Waals surface area contributed by atoms with Crippen LogP contribution in [0.1, 0.15) is 19.3 Å². The van der Waals surface area contributed by atoms with Crippen molar-refractivity contribution >= 4 is 22.6 Å². The molecule has 8 nitrogen and oxygen atoms in total. The monoisotopic (exact) mass is 433 g/mol. The van der Waals surface area contributed by atoms with E-state index in [1.807, 2.05) is 6.07 Å². The van der Waals surface area contributed by atoms with Crippen LogP contribution in [-0.2, 0) is 11.8 Å². The lowest BCUT2D eigenvalue weighted by Gasteiger charge is -2.31. The summed E-state index contributed by atoms with van der Waals surface area (Å²) >= 11 is 0. The van der Waals surface area contributed by atoms with Gasteiger partial charge in [-0.25, -0.2) is 4.98 Å². The van der Waals surface area contributed by atoms with Crippen LogP contribution in [0.15, 0.2) is 30.7 Å². The SMILES string of the molecule is Cn1cc(-c2cnc3cnc(NC(=O)C4CCN(CCC(F)(F)F)CC4)cc3c2)nn1. The van der Waals surface area contributed by atoms with Crippen molar-refractivity contribution in [2.75, 3.05) is 25.0 Å². The number of likely N-dealkylation sites (tertiary alicyclic amines) is 1. The number of rotatable bonds is 5. The first-order chi connectivity index (χ1) is 14.8. The van der Waals surface area contributed by atoms with E-state index in [0.29, 0.717) is 43.0 Å². The molecule has 31 heavy (non-hydrogen) atoms. The van der Waals surface area contributed by atoms with E-state index in [1.54, 1.807) is 41.3 Å². The third-order valence-electron chi connectivity index (χ3n) is 5.39. The minimum Gasteiger partial charge on any atom is -0.310 e. The van der Waals surface area contributed by atoms with Crippen LogP contribution < -0.4 is 5.32 Å². The second-order valence-corrected chi connectivity index (χ2v) is 7.73. The molecule has 1 N–H and O–H groups in total. The molecule has 1 amide bonds. The van der Waals surface area contributed by atoms with Crippen molar-refractivity contribution in [1.82, 2.24) is 29.9 Å². The lowest BCUT2D eigenvalue weighted by atomic mass is 9.96. The highest BCUT2D eigenvalue weighted by Gasteiger charge is 2.30. The average molecular weight is 433 g/mol. The molecule has 0 aromatic carbocycles. The molecule has 3 aromatic heterocycles. The fourth-order valence-corrected chi connectivity index (χ4v) is 3.65. The molecule has 4 heterocycles. The Kier molecular flexibility index (Phi) is 5.86. The van der Waals surface area contributed by atoms with E-state index in [0.717, 1.165) is 10.9 Å². The number of amides is 1. The van der Waals surface area contributed by atoms with E-state index in [1.165, 1.54) is 0 Å². The van der Waals surface area contributed by atoms with Crippen LogP contribution in [-0.4, -0.2) is 61.6 Å². The molecule has 1 aliphatic heterocycles. The van der Waals surface area contributed by atoms with E-state index < -0.39 is 12.6 Å². The van der Waals surface area contributed by atoms with Gasteiger partial charge in [0, 0.05) is 36.7 Å². The van der Waals surface area contributed by atoms with E-state index in [2.05, 4.69) is 25.6 Å². The van der Waals surface area contributed by atoms with Crippen LogP contribution in [0.4, 0.5) is 19.0 Å². The van der Waals surface area contributed by atoms with Gasteiger partial charge in [0.1, 0.15) is 11.5 Å². The molecule has 0 atom stereocenters. The number of aryl methyl sites for hydroxylation is 1. The lowest BCUT2D eigenvalue weighted by molar-refractivity contribution is -0.139. The van der Waals surface area contributed by atoms with Crippen molar-refractivity contribution in [2.45, 2.75) is 25.4 Å². The van der Waals surface area contributed by atoms with Gasteiger partial charge in [0.2, 0.25) is 5.91 Å². The van der Waals surface area contributed by atoms with Crippen molar-refractivity contribution in [3.8, 4) is 11.3 Å². The summed E-state index contributed by atoms with van der Waals surface area (Å²) in [6.07, 6.45) is 1.14. The Morgan fingerprint density at radius 1 is 1.19 bits per heavy atom. The van der Waals surface area contributed by atoms with Gasteiger partial charge in [-0.05, 0) is 38.1 Å². The number of fused-ring (bicyclic) bond motifs is 1. The number of alkyl halides is 3. The molecular weight excluding hydrogens is 411 g/mol. The van der Waals surface area contributed by atoms with Gasteiger partial charge in [-0.15, -0.1) is 5.10 Å². The average Bonchev–Trinajstić information content (AvgIpc) is 3.18. The van der Waals surface area contributed by atoms with Gasteiger partial charge >= 0.3 is 6.18 Å². The van der Waals surface area contributed by atoms with E-state index in [4.69, 9.17) is 0 Å². The summed E-state index contributed by atoms with van der Waals surface area (Å²) in [5.41, 5.74) is 2.18. The Bertz CT molecular complexity index is 1070. The molecule has 1 saturated heterocycles. The smallest absolute Gasteiger partial charge is 0.310 e. The maximum absolute atomic E-state index is 12.6. The summed E-state index contributed by atoms with van der Waals surface area (Å²) in [6.45, 7) is 0.931. The number of pyridine rings is 2. The van der Waals surface area contributed by atoms with Gasteiger partial charge in [-0.2, -0.15) is 13.2 Å². The van der Waals surface area contributed by atoms with Crippen molar-refractivity contribution in [3.63, 3.8) is 0 Å². The van der Waals surface area contributed by atoms with Crippen molar-refractivity contribution in [2.24, 2.45) is 13.0 Å². The van der Waals surface area contributed by atoms with Crippen molar-refractivity contribution < 1.29 is 18.0 Å². The molecule has 1 fully saturated rings. The highest BCUT2D eigenvalue weighted by molar-refractivity contribution is 5.94. The van der Waals surface area contributed by atoms with Crippen molar-refractivity contribution in [3.05, 3.63) is 30.7 Å². The maximum atomic E-state index is 12.6. The quantitative estimate of drug-likeness (QED) is 0.666. The molecule has 0 saturated carbocycles. The minimum absolute atomic E-state index is 0.0226. The molecule has 1 aliphatic rings. The minimum atomic E-state index is -4.15. The number of nitrogens with zero attached hydrogens (tertiary/aromatic N) is 6. The zero-order chi connectivity index (χ0) is 22.0. The number of piperidine rings is 1. The lowest BCUT2D eigenvalue weighted by Crippen LogP contribution is -2.39. The van der Waals surface area contributed by atoms with Gasteiger partial charge in [-0.1, -0.05) is 5.21 Å². The number of anilines is 1. The largest absolute Gasteiger partial charge is 0.390 e. The van der Waals surface area contributed by atoms with E-state index in [9.17, 15) is 18.0 Å². The Balaban J connectivity index is 1.38.